The van der Waals surface area contributed by atoms with Gasteiger partial charge < -0.3 is 19.7 Å². The zero-order chi connectivity index (χ0) is 20.6. The summed E-state index contributed by atoms with van der Waals surface area (Å²) in [5, 5.41) is 11.7. The van der Waals surface area contributed by atoms with Crippen molar-refractivity contribution in [2.24, 2.45) is 5.41 Å². The smallest absolute Gasteiger partial charge is 0.433 e. The summed E-state index contributed by atoms with van der Waals surface area (Å²) in [5.74, 6) is 0.0629. The molecule has 1 saturated carbocycles. The fraction of sp³-hybridized carbons (Fsp3) is 0.450. The molecular formula is C20H20F3N4O2-. The lowest BCUT2D eigenvalue weighted by Gasteiger charge is -2.35. The maximum atomic E-state index is 12.9. The molecule has 1 spiro atoms. The maximum Gasteiger partial charge on any atom is 0.433 e. The van der Waals surface area contributed by atoms with Gasteiger partial charge in [0.1, 0.15) is 11.8 Å². The topological polar surface area (TPSA) is 72.4 Å². The van der Waals surface area contributed by atoms with E-state index in [9.17, 15) is 23.1 Å². The highest BCUT2D eigenvalue weighted by molar-refractivity contribution is 5.64. The molecule has 2 fully saturated rings. The number of carboxylic acid groups (broad SMARTS) is 1. The van der Waals surface area contributed by atoms with Gasteiger partial charge in [-0.1, -0.05) is 30.3 Å². The Kier molecular flexibility index (Phi) is 4.84. The summed E-state index contributed by atoms with van der Waals surface area (Å²) in [6.45, 7) is 1.25. The lowest BCUT2D eigenvalue weighted by atomic mass is 9.92. The standard InChI is InChI=1S/C20H21F3N4O2/c21-20(22,23)15-6-9-24-17(25-15)26-10-7-19(8-11-26)12-16(19)27(18(28)29)13-14-4-2-1-3-5-14/h1-6,9,16H,7-8,10-13H2,(H,28,29)/p-1. The summed E-state index contributed by atoms with van der Waals surface area (Å²) in [6.07, 6.45) is -2.49. The number of benzene rings is 1. The first-order valence-corrected chi connectivity index (χ1v) is 9.45. The molecule has 0 bridgehead atoms. The number of carbonyl (C=O) groups is 1. The molecule has 9 heteroatoms. The van der Waals surface area contributed by atoms with Crippen LogP contribution >= 0.6 is 0 Å². The Bertz CT molecular complexity index is 883. The van der Waals surface area contributed by atoms with Gasteiger partial charge in [0.25, 0.3) is 0 Å². The summed E-state index contributed by atoms with van der Waals surface area (Å²) in [6, 6.07) is 10.1. The molecule has 0 N–H and O–H groups in total. The Morgan fingerprint density at radius 3 is 2.52 bits per heavy atom. The molecule has 1 atom stereocenters. The van der Waals surface area contributed by atoms with Crippen molar-refractivity contribution in [1.29, 1.82) is 0 Å². The lowest BCUT2D eigenvalue weighted by molar-refractivity contribution is -0.267. The van der Waals surface area contributed by atoms with Gasteiger partial charge in [0.05, 0.1) is 0 Å². The fourth-order valence-electron chi connectivity index (χ4n) is 4.20. The average molecular weight is 405 g/mol. The Hall–Kier alpha value is -2.84. The van der Waals surface area contributed by atoms with Crippen LogP contribution in [-0.4, -0.2) is 40.1 Å². The second-order valence-electron chi connectivity index (χ2n) is 7.69. The normalized spacial score (nSPS) is 20.5. The quantitative estimate of drug-likeness (QED) is 0.782. The molecule has 154 valence electrons. The number of rotatable bonds is 4. The first-order valence-electron chi connectivity index (χ1n) is 9.45. The van der Waals surface area contributed by atoms with Gasteiger partial charge in [-0.3, -0.25) is 0 Å². The average Bonchev–Trinajstić information content (AvgIpc) is 3.39. The minimum atomic E-state index is -4.51. The first kappa shape index (κ1) is 19.5. The van der Waals surface area contributed by atoms with E-state index < -0.39 is 18.0 Å². The maximum absolute atomic E-state index is 12.9. The minimum absolute atomic E-state index is 0.0629. The monoisotopic (exact) mass is 405 g/mol. The van der Waals surface area contributed by atoms with E-state index in [1.165, 1.54) is 4.90 Å². The Morgan fingerprint density at radius 1 is 1.21 bits per heavy atom. The van der Waals surface area contributed by atoms with Crippen LogP contribution in [0.1, 0.15) is 30.5 Å². The molecule has 1 aliphatic heterocycles. The van der Waals surface area contributed by atoms with E-state index in [0.29, 0.717) is 25.9 Å². The molecular weight excluding hydrogens is 385 g/mol. The summed E-state index contributed by atoms with van der Waals surface area (Å²) in [7, 11) is 0. The van der Waals surface area contributed by atoms with Crippen LogP contribution in [0, 0.1) is 5.41 Å². The number of aromatic nitrogens is 2. The van der Waals surface area contributed by atoms with E-state index in [0.717, 1.165) is 24.2 Å². The SMILES string of the molecule is O=C([O-])N(Cc1ccccc1)C1CC12CCN(c1nccc(C(F)(F)F)n1)CC2. The van der Waals surface area contributed by atoms with Crippen molar-refractivity contribution < 1.29 is 23.1 Å². The van der Waals surface area contributed by atoms with Crippen molar-refractivity contribution in [1.82, 2.24) is 14.9 Å². The third kappa shape index (κ3) is 3.99. The molecule has 1 aromatic carbocycles. The Labute approximate surface area is 166 Å². The third-order valence-electron chi connectivity index (χ3n) is 5.93. The van der Waals surface area contributed by atoms with Crippen molar-refractivity contribution in [3.63, 3.8) is 0 Å². The van der Waals surface area contributed by atoms with Crippen molar-refractivity contribution in [2.45, 2.75) is 38.0 Å². The number of nitrogens with zero attached hydrogens (tertiary/aromatic N) is 4. The van der Waals surface area contributed by atoms with Gasteiger partial charge >= 0.3 is 6.18 Å². The number of halogens is 3. The highest BCUT2D eigenvalue weighted by atomic mass is 19.4. The molecule has 1 amide bonds. The van der Waals surface area contributed by atoms with E-state index >= 15 is 0 Å². The number of piperidine rings is 1. The molecule has 1 aliphatic carbocycles. The molecule has 1 saturated heterocycles. The fourth-order valence-corrected chi connectivity index (χ4v) is 4.20. The van der Waals surface area contributed by atoms with Gasteiger partial charge in [-0.15, -0.1) is 0 Å². The predicted octanol–water partition coefficient (Wildman–Crippen LogP) is 2.70. The number of amides is 1. The zero-order valence-electron chi connectivity index (χ0n) is 15.6. The number of carbonyl (C=O) groups excluding carboxylic acids is 1. The molecule has 2 aliphatic rings. The van der Waals surface area contributed by atoms with Gasteiger partial charge in [-0.05, 0) is 36.3 Å². The van der Waals surface area contributed by atoms with Crippen molar-refractivity contribution >= 4 is 12.0 Å². The van der Waals surface area contributed by atoms with Crippen LogP contribution in [0.5, 0.6) is 0 Å². The van der Waals surface area contributed by atoms with E-state index in [1.807, 2.05) is 30.3 Å². The van der Waals surface area contributed by atoms with Gasteiger partial charge in [0, 0.05) is 31.9 Å². The second-order valence-corrected chi connectivity index (χ2v) is 7.69. The number of hydrogen-bond donors (Lipinski definition) is 0. The van der Waals surface area contributed by atoms with Gasteiger partial charge in [0.15, 0.2) is 0 Å². The van der Waals surface area contributed by atoms with Crippen molar-refractivity contribution in [2.75, 3.05) is 18.0 Å². The molecule has 4 rings (SSSR count). The minimum Gasteiger partial charge on any atom is -0.530 e. The van der Waals surface area contributed by atoms with Crippen LogP contribution in [-0.2, 0) is 12.7 Å². The number of hydrogen-bond acceptors (Lipinski definition) is 5. The highest BCUT2D eigenvalue weighted by Gasteiger charge is 2.57. The highest BCUT2D eigenvalue weighted by Crippen LogP contribution is 2.57. The van der Waals surface area contributed by atoms with E-state index in [4.69, 9.17) is 0 Å². The van der Waals surface area contributed by atoms with Crippen LogP contribution in [0.4, 0.5) is 23.9 Å². The Morgan fingerprint density at radius 2 is 1.90 bits per heavy atom. The molecule has 6 nitrogen and oxygen atoms in total. The van der Waals surface area contributed by atoms with Crippen molar-refractivity contribution in [3.05, 3.63) is 53.9 Å². The van der Waals surface area contributed by atoms with E-state index in [-0.39, 0.29) is 23.9 Å². The zero-order valence-corrected chi connectivity index (χ0v) is 15.6. The van der Waals surface area contributed by atoms with E-state index in [1.54, 1.807) is 4.90 Å². The Balaban J connectivity index is 1.41. The van der Waals surface area contributed by atoms with Crippen LogP contribution in [0.2, 0.25) is 0 Å². The second kappa shape index (κ2) is 7.20. The number of anilines is 1. The summed E-state index contributed by atoms with van der Waals surface area (Å²) < 4.78 is 38.7. The van der Waals surface area contributed by atoms with Gasteiger partial charge in [-0.2, -0.15) is 13.2 Å². The van der Waals surface area contributed by atoms with Gasteiger partial charge in [-0.25, -0.2) is 9.97 Å². The van der Waals surface area contributed by atoms with Crippen LogP contribution in [0.3, 0.4) is 0 Å². The summed E-state index contributed by atoms with van der Waals surface area (Å²) in [4.78, 5) is 22.5. The van der Waals surface area contributed by atoms with Gasteiger partial charge in [0.2, 0.25) is 5.95 Å². The van der Waals surface area contributed by atoms with E-state index in [2.05, 4.69) is 9.97 Å². The largest absolute Gasteiger partial charge is 0.530 e. The lowest BCUT2D eigenvalue weighted by Crippen LogP contribution is -2.45. The predicted molar refractivity (Wildman–Crippen MR) is 96.7 cm³/mol. The molecule has 1 aromatic heterocycles. The molecule has 0 radical (unpaired) electrons. The molecule has 2 aromatic rings. The third-order valence-corrected chi connectivity index (χ3v) is 5.93. The summed E-state index contributed by atoms with van der Waals surface area (Å²) in [5.41, 5.74) is -0.209. The van der Waals surface area contributed by atoms with Crippen molar-refractivity contribution in [3.8, 4) is 0 Å². The first-order chi connectivity index (χ1) is 13.8. The molecule has 2 heterocycles. The van der Waals surface area contributed by atoms with Crippen LogP contribution in [0.15, 0.2) is 42.6 Å². The number of alkyl halides is 3. The molecule has 29 heavy (non-hydrogen) atoms. The van der Waals surface area contributed by atoms with Crippen LogP contribution in [0.25, 0.3) is 0 Å². The van der Waals surface area contributed by atoms with Crippen LogP contribution < -0.4 is 10.0 Å². The summed E-state index contributed by atoms with van der Waals surface area (Å²) >= 11 is 0. The molecule has 1 unspecified atom stereocenters.